The summed E-state index contributed by atoms with van der Waals surface area (Å²) < 4.78 is 5.49. The van der Waals surface area contributed by atoms with Gasteiger partial charge >= 0.3 is 0 Å². The van der Waals surface area contributed by atoms with Crippen molar-refractivity contribution in [3.8, 4) is 12.1 Å². The van der Waals surface area contributed by atoms with E-state index < -0.39 is 0 Å². The van der Waals surface area contributed by atoms with Gasteiger partial charge in [0.15, 0.2) is 5.76 Å². The number of hydrogen-bond donors (Lipinski definition) is 0. The van der Waals surface area contributed by atoms with E-state index in [4.69, 9.17) is 15.3 Å². The van der Waals surface area contributed by atoms with E-state index in [9.17, 15) is 4.79 Å². The lowest BCUT2D eigenvalue weighted by Crippen LogP contribution is -2.26. The Morgan fingerprint density at radius 2 is 1.79 bits per heavy atom. The van der Waals surface area contributed by atoms with Crippen molar-refractivity contribution in [2.45, 2.75) is 46.0 Å². The molecule has 19 heavy (non-hydrogen) atoms. The number of carbonyl (C=O) groups is 1. The van der Waals surface area contributed by atoms with Crippen LogP contribution in [-0.2, 0) is 9.53 Å². The minimum Gasteiger partial charge on any atom is -0.489 e. The van der Waals surface area contributed by atoms with Gasteiger partial charge < -0.3 is 4.74 Å². The highest BCUT2D eigenvalue weighted by atomic mass is 16.5. The fourth-order valence-electron chi connectivity index (χ4n) is 1.90. The van der Waals surface area contributed by atoms with Crippen LogP contribution in [0.2, 0.25) is 0 Å². The van der Waals surface area contributed by atoms with Crippen LogP contribution in [0.15, 0.2) is 22.5 Å². The Morgan fingerprint density at radius 1 is 1.16 bits per heavy atom. The largest absolute Gasteiger partial charge is 0.489 e. The molecule has 0 saturated heterocycles. The number of rotatable bonds is 7. The fraction of sp³-hybridized carbons (Fsp3) is 0.533. The monoisotopic (exact) mass is 258 g/mol. The van der Waals surface area contributed by atoms with E-state index in [0.717, 1.165) is 31.3 Å². The molecule has 0 saturated carbocycles. The van der Waals surface area contributed by atoms with E-state index >= 15 is 0 Å². The van der Waals surface area contributed by atoms with Crippen molar-refractivity contribution in [1.82, 2.24) is 0 Å². The van der Waals surface area contributed by atoms with Gasteiger partial charge in [0.1, 0.15) is 17.7 Å². The maximum absolute atomic E-state index is 11.9. The molecule has 0 atom stereocenters. The zero-order chi connectivity index (χ0) is 14.3. The molecule has 0 amide bonds. The van der Waals surface area contributed by atoms with Gasteiger partial charge in [-0.2, -0.15) is 10.5 Å². The summed E-state index contributed by atoms with van der Waals surface area (Å²) in [6.45, 7) is 4.61. The molecule has 1 aliphatic rings. The Balaban J connectivity index is 2.99. The molecular weight excluding hydrogens is 240 g/mol. The summed E-state index contributed by atoms with van der Waals surface area (Å²) in [6, 6.07) is 3.57. The molecule has 0 aliphatic heterocycles. The first-order chi connectivity index (χ1) is 9.21. The zero-order valence-electron chi connectivity index (χ0n) is 11.5. The van der Waals surface area contributed by atoms with Gasteiger partial charge in [-0.25, -0.2) is 0 Å². The molecular formula is C15H18N2O2. The first kappa shape index (κ1) is 15.0. The van der Waals surface area contributed by atoms with Crippen LogP contribution in [0.3, 0.4) is 0 Å². The number of carbonyl (C=O) groups excluding carboxylic acids is 1. The van der Waals surface area contributed by atoms with E-state index in [-0.39, 0.29) is 16.9 Å². The van der Waals surface area contributed by atoms with E-state index in [1.54, 1.807) is 12.1 Å². The normalized spacial score (nSPS) is 13.7. The zero-order valence-corrected chi connectivity index (χ0v) is 11.5. The predicted molar refractivity (Wildman–Crippen MR) is 70.7 cm³/mol. The Hall–Kier alpha value is -2.07. The Morgan fingerprint density at radius 3 is 2.32 bits per heavy atom. The molecule has 0 fully saturated rings. The van der Waals surface area contributed by atoms with Crippen molar-refractivity contribution in [3.63, 3.8) is 0 Å². The number of allylic oxidation sites excluding steroid dienone is 3. The lowest BCUT2D eigenvalue weighted by Gasteiger charge is -2.25. The van der Waals surface area contributed by atoms with Gasteiger partial charge in [-0.15, -0.1) is 0 Å². The molecule has 100 valence electrons. The first-order valence-electron chi connectivity index (χ1n) is 6.66. The lowest BCUT2D eigenvalue weighted by molar-refractivity contribution is -0.117. The van der Waals surface area contributed by atoms with Crippen LogP contribution in [0.25, 0.3) is 0 Å². The third-order valence-electron chi connectivity index (χ3n) is 3.01. The van der Waals surface area contributed by atoms with Gasteiger partial charge in [-0.05, 0) is 19.3 Å². The quantitative estimate of drug-likeness (QED) is 0.399. The second-order valence-corrected chi connectivity index (χ2v) is 4.42. The summed E-state index contributed by atoms with van der Waals surface area (Å²) in [5.41, 5.74) is 0.921. The lowest BCUT2D eigenvalue weighted by atomic mass is 9.81. The highest BCUT2D eigenvalue weighted by molar-refractivity contribution is 6.19. The number of nitriles is 2. The number of ether oxygens (including phenoxy) is 1. The molecule has 1 aliphatic carbocycles. The number of hydrogen-bond acceptors (Lipinski definition) is 4. The molecule has 0 bridgehead atoms. The van der Waals surface area contributed by atoms with E-state index in [1.807, 2.05) is 6.92 Å². The van der Waals surface area contributed by atoms with E-state index in [0.29, 0.717) is 18.8 Å². The minimum atomic E-state index is -0.291. The summed E-state index contributed by atoms with van der Waals surface area (Å²) >= 11 is 0. The van der Waals surface area contributed by atoms with Crippen LogP contribution >= 0.6 is 0 Å². The molecule has 0 N–H and O–H groups in total. The molecule has 0 unspecified atom stereocenters. The summed E-state index contributed by atoms with van der Waals surface area (Å²) in [6.07, 6.45) is 4.47. The molecule has 0 aromatic carbocycles. The van der Waals surface area contributed by atoms with Crippen molar-refractivity contribution in [3.05, 3.63) is 22.5 Å². The molecule has 0 aromatic rings. The van der Waals surface area contributed by atoms with Gasteiger partial charge in [0, 0.05) is 5.57 Å². The average Bonchev–Trinajstić information content (AvgIpc) is 2.43. The number of ketones is 1. The summed E-state index contributed by atoms with van der Waals surface area (Å²) in [5.74, 6) is 0.0696. The molecule has 0 spiro atoms. The summed E-state index contributed by atoms with van der Waals surface area (Å²) in [7, 11) is 0. The van der Waals surface area contributed by atoms with E-state index in [2.05, 4.69) is 6.92 Å². The Kier molecular flexibility index (Phi) is 5.82. The molecule has 0 aromatic heterocycles. The summed E-state index contributed by atoms with van der Waals surface area (Å²) in [5, 5.41) is 17.8. The molecule has 1 rings (SSSR count). The third kappa shape index (κ3) is 3.23. The van der Waals surface area contributed by atoms with Crippen LogP contribution in [0, 0.1) is 22.7 Å². The minimum absolute atomic E-state index is 0.0982. The van der Waals surface area contributed by atoms with Gasteiger partial charge in [0.05, 0.1) is 12.2 Å². The molecule has 4 nitrogen and oxygen atoms in total. The van der Waals surface area contributed by atoms with Gasteiger partial charge in [-0.3, -0.25) is 4.79 Å². The van der Waals surface area contributed by atoms with Crippen LogP contribution < -0.4 is 0 Å². The topological polar surface area (TPSA) is 73.9 Å². The standard InChI is InChI=1S/C15H18N2O2/c1-3-5-7-12-13(11(9-16)10-17)14(18)15(12)19-8-6-4-2/h3-8H2,1-2H3. The maximum atomic E-state index is 11.9. The first-order valence-corrected chi connectivity index (χ1v) is 6.66. The van der Waals surface area contributed by atoms with Crippen LogP contribution in [0.1, 0.15) is 46.0 Å². The van der Waals surface area contributed by atoms with Crippen LogP contribution in [-0.4, -0.2) is 12.4 Å². The predicted octanol–water partition coefficient (Wildman–Crippen LogP) is 3.17. The van der Waals surface area contributed by atoms with Crippen molar-refractivity contribution in [2.24, 2.45) is 0 Å². The smallest absolute Gasteiger partial charge is 0.230 e. The van der Waals surface area contributed by atoms with Gasteiger partial charge in [0.25, 0.3) is 0 Å². The van der Waals surface area contributed by atoms with Crippen molar-refractivity contribution >= 4 is 5.78 Å². The molecule has 0 radical (unpaired) electrons. The average molecular weight is 258 g/mol. The van der Waals surface area contributed by atoms with Gasteiger partial charge in [-0.1, -0.05) is 26.7 Å². The van der Waals surface area contributed by atoms with Gasteiger partial charge in [0.2, 0.25) is 5.78 Å². The maximum Gasteiger partial charge on any atom is 0.230 e. The number of Topliss-reactive ketones (excluding diaryl/α,β-unsaturated/α-hetero) is 1. The second kappa shape index (κ2) is 7.38. The van der Waals surface area contributed by atoms with Crippen LogP contribution in [0.5, 0.6) is 0 Å². The van der Waals surface area contributed by atoms with Crippen molar-refractivity contribution in [2.75, 3.05) is 6.61 Å². The molecule has 0 heterocycles. The number of unbranched alkanes of at least 4 members (excludes halogenated alkanes) is 2. The Bertz CT molecular complexity index is 485. The van der Waals surface area contributed by atoms with E-state index in [1.165, 1.54) is 0 Å². The fourth-order valence-corrected chi connectivity index (χ4v) is 1.90. The molecule has 4 heteroatoms. The summed E-state index contributed by atoms with van der Waals surface area (Å²) in [4.78, 5) is 11.9. The highest BCUT2D eigenvalue weighted by Gasteiger charge is 2.37. The number of nitrogens with zero attached hydrogens (tertiary/aromatic N) is 2. The Labute approximate surface area is 114 Å². The van der Waals surface area contributed by atoms with Crippen LogP contribution in [0.4, 0.5) is 0 Å². The highest BCUT2D eigenvalue weighted by Crippen LogP contribution is 2.37. The van der Waals surface area contributed by atoms with Crippen molar-refractivity contribution in [1.29, 1.82) is 10.5 Å². The second-order valence-electron chi connectivity index (χ2n) is 4.42. The van der Waals surface area contributed by atoms with Crippen molar-refractivity contribution < 1.29 is 9.53 Å². The SMILES string of the molecule is CCCCOC1=C(CCCC)C(=C(C#N)C#N)C1=O. The third-order valence-corrected chi connectivity index (χ3v) is 3.01.